The predicted molar refractivity (Wildman–Crippen MR) is 56.1 cm³/mol. The molecule has 0 saturated carbocycles. The minimum absolute atomic E-state index is 0.0238. The van der Waals surface area contributed by atoms with Crippen molar-refractivity contribution in [3.8, 4) is 0 Å². The molecule has 0 saturated heterocycles. The number of nitrogens with zero attached hydrogens (tertiary/aromatic N) is 4. The van der Waals surface area contributed by atoms with E-state index in [-0.39, 0.29) is 12.3 Å². The Kier molecular flexibility index (Phi) is 3.02. The second-order valence-electron chi connectivity index (χ2n) is 3.25. The van der Waals surface area contributed by atoms with Crippen LogP contribution in [-0.4, -0.2) is 25.6 Å². The van der Waals surface area contributed by atoms with E-state index in [0.29, 0.717) is 5.56 Å². The fraction of sp³-hybridized carbons (Fsp3) is 0.125. The van der Waals surface area contributed by atoms with Gasteiger partial charge in [-0.05, 0) is 11.0 Å². The number of rotatable bonds is 4. The van der Waals surface area contributed by atoms with Gasteiger partial charge in [0.15, 0.2) is 5.76 Å². The monoisotopic (exact) mass is 252 g/mol. The van der Waals surface area contributed by atoms with Crippen LogP contribution in [0.15, 0.2) is 23.1 Å². The van der Waals surface area contributed by atoms with Gasteiger partial charge < -0.3 is 14.5 Å². The number of nitrogens with one attached hydrogen (secondary N) is 1. The highest BCUT2D eigenvalue weighted by Gasteiger charge is 2.18. The highest BCUT2D eigenvalue weighted by molar-refractivity contribution is 5.92. The number of furan rings is 1. The lowest BCUT2D eigenvalue weighted by Gasteiger charge is -1.98. The number of hydrogen-bond donors (Lipinski definition) is 2. The Morgan fingerprint density at radius 3 is 3.06 bits per heavy atom. The van der Waals surface area contributed by atoms with E-state index in [4.69, 9.17) is 10.3 Å². The van der Waals surface area contributed by atoms with Crippen molar-refractivity contribution in [3.05, 3.63) is 40.1 Å². The first-order valence-corrected chi connectivity index (χ1v) is 4.73. The van der Waals surface area contributed by atoms with E-state index in [1.54, 1.807) is 0 Å². The van der Waals surface area contributed by atoms with Crippen LogP contribution in [0, 0.1) is 10.1 Å². The molecule has 0 radical (unpaired) electrons. The third-order valence-electron chi connectivity index (χ3n) is 2.10. The number of carbonyl (C=O) groups is 1. The van der Waals surface area contributed by atoms with Crippen LogP contribution in [0.2, 0.25) is 0 Å². The lowest BCUT2D eigenvalue weighted by atomic mass is 10.2. The summed E-state index contributed by atoms with van der Waals surface area (Å²) in [6.07, 6.45) is 2.50. The molecule has 1 amide bonds. The molecule has 10 heteroatoms. The van der Waals surface area contributed by atoms with Crippen molar-refractivity contribution in [3.63, 3.8) is 0 Å². The molecule has 10 nitrogen and oxygen atoms in total. The first kappa shape index (κ1) is 11.7. The number of nitrogen functional groups attached to an aromatic ring is 1. The summed E-state index contributed by atoms with van der Waals surface area (Å²) < 4.78 is 6.17. The van der Waals surface area contributed by atoms with Gasteiger partial charge in [0.05, 0.1) is 12.8 Å². The predicted octanol–water partition coefficient (Wildman–Crippen LogP) is -0.569. The van der Waals surface area contributed by atoms with Crippen molar-refractivity contribution in [1.82, 2.24) is 20.2 Å². The van der Waals surface area contributed by atoms with E-state index in [0.717, 1.165) is 0 Å². The first-order chi connectivity index (χ1) is 8.61. The van der Waals surface area contributed by atoms with Gasteiger partial charge >= 0.3 is 11.9 Å². The third kappa shape index (κ3) is 2.17. The van der Waals surface area contributed by atoms with E-state index < -0.39 is 16.8 Å². The lowest BCUT2D eigenvalue weighted by molar-refractivity contribution is -0.394. The van der Waals surface area contributed by atoms with Gasteiger partial charge in [0, 0.05) is 10.7 Å². The van der Waals surface area contributed by atoms with Gasteiger partial charge in [0.2, 0.25) is 6.33 Å². The topological polar surface area (TPSA) is 142 Å². The highest BCUT2D eigenvalue weighted by atomic mass is 16.6. The zero-order valence-electron chi connectivity index (χ0n) is 8.94. The Morgan fingerprint density at radius 2 is 2.44 bits per heavy atom. The van der Waals surface area contributed by atoms with Crippen LogP contribution in [0.25, 0.3) is 0 Å². The van der Waals surface area contributed by atoms with Crippen molar-refractivity contribution in [2.75, 3.05) is 0 Å². The van der Waals surface area contributed by atoms with Crippen LogP contribution >= 0.6 is 0 Å². The normalized spacial score (nSPS) is 10.3. The summed E-state index contributed by atoms with van der Waals surface area (Å²) in [7, 11) is 0. The van der Waals surface area contributed by atoms with Crippen molar-refractivity contribution in [2.45, 2.75) is 6.54 Å². The SMILES string of the molecule is NNC(=O)c1occc1Cn1cnc([N+](=O)[O-])n1. The van der Waals surface area contributed by atoms with Gasteiger partial charge in [0.1, 0.15) is 0 Å². The fourth-order valence-corrected chi connectivity index (χ4v) is 1.34. The second kappa shape index (κ2) is 4.63. The number of aromatic nitrogens is 3. The zero-order chi connectivity index (χ0) is 13.1. The molecule has 0 aliphatic carbocycles. The molecule has 2 rings (SSSR count). The molecular weight excluding hydrogens is 244 g/mol. The van der Waals surface area contributed by atoms with E-state index in [1.807, 2.05) is 5.43 Å². The van der Waals surface area contributed by atoms with Crippen LogP contribution in [0.1, 0.15) is 16.1 Å². The number of hydrazine groups is 1. The Balaban J connectivity index is 2.20. The standard InChI is InChI=1S/C8H8N6O4/c9-11-7(15)6-5(1-2-18-6)3-13-4-10-8(12-13)14(16)17/h1-2,4H,3,9H2,(H,11,15). The maximum Gasteiger partial charge on any atom is 0.490 e. The smallest absolute Gasteiger partial charge is 0.459 e. The lowest BCUT2D eigenvalue weighted by Crippen LogP contribution is -2.30. The number of nitro groups is 1. The molecule has 94 valence electrons. The highest BCUT2D eigenvalue weighted by Crippen LogP contribution is 2.12. The number of amides is 1. The maximum atomic E-state index is 11.3. The van der Waals surface area contributed by atoms with Crippen LogP contribution in [-0.2, 0) is 6.54 Å². The van der Waals surface area contributed by atoms with Crippen molar-refractivity contribution in [2.24, 2.45) is 5.84 Å². The Morgan fingerprint density at radius 1 is 1.67 bits per heavy atom. The Bertz CT molecular complexity index is 588. The second-order valence-corrected chi connectivity index (χ2v) is 3.25. The molecule has 2 heterocycles. The molecule has 2 aromatic heterocycles. The summed E-state index contributed by atoms with van der Waals surface area (Å²) in [6, 6.07) is 1.54. The number of carbonyl (C=O) groups excluding carboxylic acids is 1. The van der Waals surface area contributed by atoms with Crippen LogP contribution in [0.3, 0.4) is 0 Å². The molecule has 0 unspecified atom stereocenters. The number of nitrogens with two attached hydrogens (primary N) is 1. The maximum absolute atomic E-state index is 11.3. The summed E-state index contributed by atoms with van der Waals surface area (Å²) in [5.41, 5.74) is 2.41. The Labute approximate surface area is 99.5 Å². The van der Waals surface area contributed by atoms with Crippen LogP contribution < -0.4 is 11.3 Å². The van der Waals surface area contributed by atoms with E-state index in [1.165, 1.54) is 23.3 Å². The van der Waals surface area contributed by atoms with Crippen LogP contribution in [0.4, 0.5) is 5.95 Å². The Hall–Kier alpha value is -2.75. The molecule has 0 bridgehead atoms. The largest absolute Gasteiger partial charge is 0.490 e. The van der Waals surface area contributed by atoms with Gasteiger partial charge in [-0.15, -0.1) is 0 Å². The molecule has 0 spiro atoms. The summed E-state index contributed by atoms with van der Waals surface area (Å²) in [5, 5.41) is 14.0. The minimum Gasteiger partial charge on any atom is -0.459 e. The quantitative estimate of drug-likeness (QED) is 0.321. The molecule has 0 fully saturated rings. The third-order valence-corrected chi connectivity index (χ3v) is 2.10. The van der Waals surface area contributed by atoms with Gasteiger partial charge in [-0.1, -0.05) is 4.98 Å². The van der Waals surface area contributed by atoms with E-state index in [9.17, 15) is 14.9 Å². The fourth-order valence-electron chi connectivity index (χ4n) is 1.34. The summed E-state index contributed by atoms with van der Waals surface area (Å²) in [5.74, 6) is 3.91. The van der Waals surface area contributed by atoms with Gasteiger partial charge in [-0.2, -0.15) is 4.68 Å². The van der Waals surface area contributed by atoms with Crippen LogP contribution in [0.5, 0.6) is 0 Å². The molecule has 2 aromatic rings. The average molecular weight is 252 g/mol. The molecule has 0 aliphatic heterocycles. The molecule has 0 aliphatic rings. The number of hydrogen-bond acceptors (Lipinski definition) is 7. The van der Waals surface area contributed by atoms with Crippen molar-refractivity contribution in [1.29, 1.82) is 0 Å². The summed E-state index contributed by atoms with van der Waals surface area (Å²) in [4.78, 5) is 24.5. The molecular formula is C8H8N6O4. The molecule has 0 aromatic carbocycles. The summed E-state index contributed by atoms with van der Waals surface area (Å²) in [6.45, 7) is 0.111. The molecule has 18 heavy (non-hydrogen) atoms. The van der Waals surface area contributed by atoms with Crippen molar-refractivity contribution >= 4 is 11.9 Å². The van der Waals surface area contributed by atoms with E-state index >= 15 is 0 Å². The first-order valence-electron chi connectivity index (χ1n) is 4.73. The van der Waals surface area contributed by atoms with E-state index in [2.05, 4.69) is 10.1 Å². The van der Waals surface area contributed by atoms with Gasteiger partial charge in [-0.3, -0.25) is 10.2 Å². The van der Waals surface area contributed by atoms with Crippen molar-refractivity contribution < 1.29 is 14.1 Å². The minimum atomic E-state index is -0.709. The molecule has 0 atom stereocenters. The van der Waals surface area contributed by atoms with Gasteiger partial charge in [0.25, 0.3) is 0 Å². The molecule has 3 N–H and O–H groups in total. The average Bonchev–Trinajstić information content (AvgIpc) is 2.97. The summed E-state index contributed by atoms with van der Waals surface area (Å²) >= 11 is 0. The van der Waals surface area contributed by atoms with Gasteiger partial charge in [-0.25, -0.2) is 5.84 Å². The zero-order valence-corrected chi connectivity index (χ0v) is 8.94.